The van der Waals surface area contributed by atoms with Gasteiger partial charge in [-0.1, -0.05) is 20.8 Å². The quantitative estimate of drug-likeness (QED) is 0.654. The van der Waals surface area contributed by atoms with Gasteiger partial charge >= 0.3 is 0 Å². The van der Waals surface area contributed by atoms with E-state index in [-0.39, 0.29) is 0 Å². The maximum Gasteiger partial charge on any atom is 0.0102 e. The third-order valence-electron chi connectivity index (χ3n) is 2.16. The molecule has 1 N–H and O–H groups in total. The molecule has 0 rings (SSSR count). The Labute approximate surface area is 77.3 Å². The molecule has 0 aromatic carbocycles. The van der Waals surface area contributed by atoms with Crippen molar-refractivity contribution in [2.75, 3.05) is 27.2 Å². The van der Waals surface area contributed by atoms with Crippen LogP contribution in [0.2, 0.25) is 0 Å². The number of hydrogen-bond acceptors (Lipinski definition) is 2. The largest absolute Gasteiger partial charge is 0.314 e. The van der Waals surface area contributed by atoms with Gasteiger partial charge in [-0.3, -0.25) is 0 Å². The van der Waals surface area contributed by atoms with Crippen molar-refractivity contribution in [2.24, 2.45) is 5.92 Å². The van der Waals surface area contributed by atoms with Crippen molar-refractivity contribution in [1.29, 1.82) is 0 Å². The van der Waals surface area contributed by atoms with Gasteiger partial charge in [-0.25, -0.2) is 0 Å². The zero-order valence-corrected chi connectivity index (χ0v) is 9.22. The SMILES string of the molecule is CCNC(CCN(C)C)C(C)C. The predicted octanol–water partition coefficient (Wildman–Crippen LogP) is 1.57. The van der Waals surface area contributed by atoms with Gasteiger partial charge in [-0.2, -0.15) is 0 Å². The molecule has 12 heavy (non-hydrogen) atoms. The second-order valence-corrected chi connectivity index (χ2v) is 4.00. The number of nitrogens with zero attached hydrogens (tertiary/aromatic N) is 1. The summed E-state index contributed by atoms with van der Waals surface area (Å²) in [6, 6.07) is 0.678. The first-order valence-corrected chi connectivity index (χ1v) is 4.96. The Hall–Kier alpha value is -0.0800. The van der Waals surface area contributed by atoms with Crippen LogP contribution in [0.3, 0.4) is 0 Å². The van der Waals surface area contributed by atoms with E-state index in [0.717, 1.165) is 12.5 Å². The summed E-state index contributed by atoms with van der Waals surface area (Å²) >= 11 is 0. The summed E-state index contributed by atoms with van der Waals surface area (Å²) in [5.74, 6) is 0.741. The Morgan fingerprint density at radius 3 is 2.17 bits per heavy atom. The lowest BCUT2D eigenvalue weighted by atomic mass is 10.0. The van der Waals surface area contributed by atoms with Crippen LogP contribution in [0, 0.1) is 5.92 Å². The molecule has 0 aromatic rings. The number of rotatable bonds is 6. The minimum atomic E-state index is 0.678. The lowest BCUT2D eigenvalue weighted by Gasteiger charge is -2.23. The van der Waals surface area contributed by atoms with Crippen LogP contribution in [-0.2, 0) is 0 Å². The maximum atomic E-state index is 3.51. The summed E-state index contributed by atoms with van der Waals surface area (Å²) in [5, 5.41) is 3.51. The predicted molar refractivity (Wildman–Crippen MR) is 55.5 cm³/mol. The monoisotopic (exact) mass is 172 g/mol. The topological polar surface area (TPSA) is 15.3 Å². The van der Waals surface area contributed by atoms with Crippen LogP contribution in [0.4, 0.5) is 0 Å². The average molecular weight is 172 g/mol. The molecule has 1 atom stereocenters. The highest BCUT2D eigenvalue weighted by Crippen LogP contribution is 2.05. The van der Waals surface area contributed by atoms with Crippen LogP contribution >= 0.6 is 0 Å². The van der Waals surface area contributed by atoms with Crippen molar-refractivity contribution >= 4 is 0 Å². The van der Waals surface area contributed by atoms with Crippen LogP contribution in [0.1, 0.15) is 27.2 Å². The van der Waals surface area contributed by atoms with Crippen molar-refractivity contribution in [2.45, 2.75) is 33.2 Å². The fraction of sp³-hybridized carbons (Fsp3) is 1.00. The molecule has 0 aliphatic carbocycles. The van der Waals surface area contributed by atoms with E-state index in [1.807, 2.05) is 0 Å². The minimum Gasteiger partial charge on any atom is -0.314 e. The van der Waals surface area contributed by atoms with E-state index in [4.69, 9.17) is 0 Å². The van der Waals surface area contributed by atoms with Crippen LogP contribution < -0.4 is 5.32 Å². The highest BCUT2D eigenvalue weighted by Gasteiger charge is 2.11. The maximum absolute atomic E-state index is 3.51. The molecule has 0 aliphatic rings. The molecule has 0 spiro atoms. The second-order valence-electron chi connectivity index (χ2n) is 4.00. The van der Waals surface area contributed by atoms with Crippen molar-refractivity contribution in [3.8, 4) is 0 Å². The first-order chi connectivity index (χ1) is 5.57. The molecule has 74 valence electrons. The zero-order chi connectivity index (χ0) is 9.56. The van der Waals surface area contributed by atoms with Crippen molar-refractivity contribution in [1.82, 2.24) is 10.2 Å². The molecule has 0 aromatic heterocycles. The molecular formula is C10H24N2. The third-order valence-corrected chi connectivity index (χ3v) is 2.16. The Morgan fingerprint density at radius 2 is 1.83 bits per heavy atom. The van der Waals surface area contributed by atoms with Gasteiger partial charge in [0.05, 0.1) is 0 Å². The van der Waals surface area contributed by atoms with E-state index in [0.29, 0.717) is 6.04 Å². The molecule has 0 bridgehead atoms. The summed E-state index contributed by atoms with van der Waals surface area (Å²) in [7, 11) is 4.26. The Bertz CT molecular complexity index is 100. The second kappa shape index (κ2) is 6.44. The molecule has 0 fully saturated rings. The van der Waals surface area contributed by atoms with Gasteiger partial charge in [0.15, 0.2) is 0 Å². The van der Waals surface area contributed by atoms with Crippen molar-refractivity contribution in [3.05, 3.63) is 0 Å². The van der Waals surface area contributed by atoms with E-state index in [2.05, 4.69) is 45.1 Å². The Morgan fingerprint density at radius 1 is 1.25 bits per heavy atom. The fourth-order valence-corrected chi connectivity index (χ4v) is 1.33. The standard InChI is InChI=1S/C10H24N2/c1-6-11-10(9(2)3)7-8-12(4)5/h9-11H,6-8H2,1-5H3. The first kappa shape index (κ1) is 11.9. The number of hydrogen-bond donors (Lipinski definition) is 1. The molecule has 0 aliphatic heterocycles. The van der Waals surface area contributed by atoms with Crippen molar-refractivity contribution < 1.29 is 0 Å². The van der Waals surface area contributed by atoms with E-state index in [1.165, 1.54) is 13.0 Å². The van der Waals surface area contributed by atoms with Gasteiger partial charge in [-0.15, -0.1) is 0 Å². The highest BCUT2D eigenvalue weighted by atomic mass is 15.1. The summed E-state index contributed by atoms with van der Waals surface area (Å²) in [6.07, 6.45) is 1.25. The van der Waals surface area contributed by atoms with Gasteiger partial charge in [-0.05, 0) is 39.5 Å². The summed E-state index contributed by atoms with van der Waals surface area (Å²) in [5.41, 5.74) is 0. The molecule has 0 amide bonds. The Kier molecular flexibility index (Phi) is 6.39. The van der Waals surface area contributed by atoms with Gasteiger partial charge in [0, 0.05) is 6.04 Å². The molecule has 0 saturated carbocycles. The van der Waals surface area contributed by atoms with Crippen LogP contribution in [0.25, 0.3) is 0 Å². The smallest absolute Gasteiger partial charge is 0.0102 e. The molecule has 1 unspecified atom stereocenters. The number of nitrogens with one attached hydrogen (secondary N) is 1. The fourth-order valence-electron chi connectivity index (χ4n) is 1.33. The lowest BCUT2D eigenvalue weighted by molar-refractivity contribution is 0.319. The molecule has 2 heteroatoms. The molecule has 0 radical (unpaired) electrons. The Balaban J connectivity index is 3.63. The van der Waals surface area contributed by atoms with E-state index >= 15 is 0 Å². The molecule has 0 saturated heterocycles. The molecule has 2 nitrogen and oxygen atoms in total. The molecule has 0 heterocycles. The highest BCUT2D eigenvalue weighted by molar-refractivity contribution is 4.70. The van der Waals surface area contributed by atoms with E-state index in [9.17, 15) is 0 Å². The van der Waals surface area contributed by atoms with Gasteiger partial charge in [0.1, 0.15) is 0 Å². The van der Waals surface area contributed by atoms with Gasteiger partial charge < -0.3 is 10.2 Å². The van der Waals surface area contributed by atoms with Crippen molar-refractivity contribution in [3.63, 3.8) is 0 Å². The van der Waals surface area contributed by atoms with E-state index < -0.39 is 0 Å². The summed E-state index contributed by atoms with van der Waals surface area (Å²) in [4.78, 5) is 2.24. The van der Waals surface area contributed by atoms with Gasteiger partial charge in [0.25, 0.3) is 0 Å². The average Bonchev–Trinajstić information content (AvgIpc) is 1.96. The zero-order valence-electron chi connectivity index (χ0n) is 9.22. The van der Waals surface area contributed by atoms with E-state index in [1.54, 1.807) is 0 Å². The van der Waals surface area contributed by atoms with Crippen LogP contribution in [-0.4, -0.2) is 38.1 Å². The summed E-state index contributed by atoms with van der Waals surface area (Å²) in [6.45, 7) is 8.99. The van der Waals surface area contributed by atoms with Crippen LogP contribution in [0.5, 0.6) is 0 Å². The first-order valence-electron chi connectivity index (χ1n) is 4.96. The third kappa shape index (κ3) is 5.56. The summed E-state index contributed by atoms with van der Waals surface area (Å²) < 4.78 is 0. The normalized spacial score (nSPS) is 14.2. The lowest BCUT2D eigenvalue weighted by Crippen LogP contribution is -2.36. The van der Waals surface area contributed by atoms with Crippen LogP contribution in [0.15, 0.2) is 0 Å². The van der Waals surface area contributed by atoms with Gasteiger partial charge in [0.2, 0.25) is 0 Å². The minimum absolute atomic E-state index is 0.678. The molecular weight excluding hydrogens is 148 g/mol.